The minimum atomic E-state index is 0. The van der Waals surface area contributed by atoms with E-state index in [0.29, 0.717) is 5.25 Å². The third-order valence-electron chi connectivity index (χ3n) is 1.62. The van der Waals surface area contributed by atoms with Crippen LogP contribution in [0.5, 0.6) is 0 Å². The minimum Gasteiger partial charge on any atom is -1.00 e. The van der Waals surface area contributed by atoms with Gasteiger partial charge in [0.2, 0.25) is 0 Å². The van der Waals surface area contributed by atoms with Gasteiger partial charge in [0, 0.05) is 0 Å². The van der Waals surface area contributed by atoms with Crippen molar-refractivity contribution in [3.63, 3.8) is 0 Å². The molecule has 12 heavy (non-hydrogen) atoms. The van der Waals surface area contributed by atoms with E-state index in [1.807, 2.05) is 11.8 Å². The van der Waals surface area contributed by atoms with E-state index in [-0.39, 0.29) is 51.0 Å². The van der Waals surface area contributed by atoms with Gasteiger partial charge in [0.15, 0.2) is 0 Å². The Hall–Kier alpha value is 1.03. The van der Waals surface area contributed by atoms with Crippen LogP contribution in [0.15, 0.2) is 34.8 Å². The molecular weight excluding hydrogens is 290 g/mol. The fourth-order valence-electron chi connectivity index (χ4n) is 1.19. The predicted molar refractivity (Wildman–Crippen MR) is 42.4 cm³/mol. The van der Waals surface area contributed by atoms with E-state index in [0.717, 1.165) is 0 Å². The van der Waals surface area contributed by atoms with Crippen LogP contribution in [0.4, 0.5) is 0 Å². The van der Waals surface area contributed by atoms with Crippen LogP contribution in [0.3, 0.4) is 0 Å². The van der Waals surface area contributed by atoms with Crippen LogP contribution in [-0.2, 0) is 26.2 Å². The molecule has 2 aliphatic rings. The summed E-state index contributed by atoms with van der Waals surface area (Å²) in [4.78, 5) is 0. The first-order chi connectivity index (χ1) is 4.36. The van der Waals surface area contributed by atoms with Gasteiger partial charge in [0.05, 0.1) is 5.25 Å². The fourth-order valence-corrected chi connectivity index (χ4v) is 2.19. The summed E-state index contributed by atoms with van der Waals surface area (Å²) < 4.78 is 0. The molecular formula is C8H8Cl2SZr. The van der Waals surface area contributed by atoms with Gasteiger partial charge in [0.1, 0.15) is 0 Å². The number of rotatable bonds is 0. The van der Waals surface area contributed by atoms with Crippen LogP contribution < -0.4 is 24.8 Å². The van der Waals surface area contributed by atoms with Crippen molar-refractivity contribution in [1.29, 1.82) is 0 Å². The van der Waals surface area contributed by atoms with E-state index >= 15 is 0 Å². The van der Waals surface area contributed by atoms with E-state index in [1.54, 1.807) is 0 Å². The topological polar surface area (TPSA) is 0 Å². The number of thioether (sulfide) groups is 1. The van der Waals surface area contributed by atoms with Gasteiger partial charge in [-0.2, -0.15) is 0 Å². The van der Waals surface area contributed by atoms with Crippen LogP contribution in [0.1, 0.15) is 6.92 Å². The molecule has 0 saturated carbocycles. The third kappa shape index (κ3) is 3.07. The Bertz CT molecular complexity index is 233. The summed E-state index contributed by atoms with van der Waals surface area (Å²) in [6.07, 6.45) is 6.75. The molecule has 0 amide bonds. The molecule has 4 heteroatoms. The van der Waals surface area contributed by atoms with Crippen molar-refractivity contribution in [2.24, 2.45) is 0 Å². The van der Waals surface area contributed by atoms with Gasteiger partial charge in [-0.1, -0.05) is 23.8 Å². The first-order valence-corrected chi connectivity index (χ1v) is 4.02. The zero-order valence-electron chi connectivity index (χ0n) is 6.55. The maximum Gasteiger partial charge on any atom is 2.00 e. The zero-order chi connectivity index (χ0) is 6.27. The van der Waals surface area contributed by atoms with Crippen LogP contribution in [-0.4, -0.2) is 5.25 Å². The van der Waals surface area contributed by atoms with Crippen molar-refractivity contribution in [3.05, 3.63) is 34.8 Å². The Labute approximate surface area is 109 Å². The van der Waals surface area contributed by atoms with Crippen LogP contribution in [0.2, 0.25) is 0 Å². The molecule has 1 aliphatic heterocycles. The van der Waals surface area contributed by atoms with Crippen molar-refractivity contribution in [1.82, 2.24) is 0 Å². The molecule has 0 fully saturated rings. The summed E-state index contributed by atoms with van der Waals surface area (Å²) >= 11 is 1.89. The molecule has 0 nitrogen and oxygen atoms in total. The monoisotopic (exact) mass is 296 g/mol. The average molecular weight is 298 g/mol. The van der Waals surface area contributed by atoms with Gasteiger partial charge in [-0.25, -0.2) is 0 Å². The van der Waals surface area contributed by atoms with Crippen molar-refractivity contribution in [2.45, 2.75) is 12.2 Å². The first-order valence-electron chi connectivity index (χ1n) is 3.08. The molecule has 0 aromatic rings. The Morgan fingerprint density at radius 1 is 1.33 bits per heavy atom. The molecule has 0 saturated heterocycles. The smallest absolute Gasteiger partial charge is 1.00 e. The minimum absolute atomic E-state index is 0. The summed E-state index contributed by atoms with van der Waals surface area (Å²) in [5.74, 6) is 0. The van der Waals surface area contributed by atoms with E-state index in [9.17, 15) is 0 Å². The van der Waals surface area contributed by atoms with Crippen LogP contribution in [0.25, 0.3) is 0 Å². The molecule has 0 bridgehead atoms. The molecule has 0 N–H and O–H groups in total. The third-order valence-corrected chi connectivity index (χ3v) is 2.62. The Balaban J connectivity index is 0. The molecule has 2 rings (SSSR count). The summed E-state index contributed by atoms with van der Waals surface area (Å²) in [6.45, 7) is 2.15. The molecule has 0 spiro atoms. The Morgan fingerprint density at radius 2 is 2.00 bits per heavy atom. The summed E-state index contributed by atoms with van der Waals surface area (Å²) in [6, 6.07) is 0. The second kappa shape index (κ2) is 6.48. The van der Waals surface area contributed by atoms with Crippen LogP contribution >= 0.6 is 11.8 Å². The fraction of sp³-hybridized carbons (Fsp3) is 0.250. The van der Waals surface area contributed by atoms with Crippen molar-refractivity contribution in [3.8, 4) is 0 Å². The molecule has 1 atom stereocenters. The van der Waals surface area contributed by atoms with E-state index < -0.39 is 0 Å². The van der Waals surface area contributed by atoms with Crippen molar-refractivity contribution < 1.29 is 51.0 Å². The normalized spacial score (nSPS) is 22.6. The van der Waals surface area contributed by atoms with Crippen molar-refractivity contribution in [2.75, 3.05) is 0 Å². The quantitative estimate of drug-likeness (QED) is 0.447. The van der Waals surface area contributed by atoms with Gasteiger partial charge < -0.3 is 24.8 Å². The number of halogens is 2. The second-order valence-corrected chi connectivity index (χ2v) is 3.47. The van der Waals surface area contributed by atoms with Gasteiger partial charge in [0.25, 0.3) is 0 Å². The number of hydrogen-bond donors (Lipinski definition) is 0. The molecule has 64 valence electrons. The predicted octanol–water partition coefficient (Wildman–Crippen LogP) is -3.49. The van der Waals surface area contributed by atoms with Crippen LogP contribution in [0, 0.1) is 0 Å². The molecule has 1 unspecified atom stereocenters. The number of allylic oxidation sites excluding steroid dienone is 3. The number of fused-ring (bicyclic) bond motifs is 1. The molecule has 0 aromatic heterocycles. The summed E-state index contributed by atoms with van der Waals surface area (Å²) in [7, 11) is 0. The van der Waals surface area contributed by atoms with Gasteiger partial charge in [-0.3, -0.25) is 0 Å². The Morgan fingerprint density at radius 3 is 2.58 bits per heavy atom. The molecule has 1 aliphatic carbocycles. The first kappa shape index (κ1) is 15.5. The van der Waals surface area contributed by atoms with Gasteiger partial charge in [-0.05, 0) is 17.9 Å². The Kier molecular flexibility index (Phi) is 8.37. The average Bonchev–Trinajstić information content (AvgIpc) is 2.22. The van der Waals surface area contributed by atoms with E-state index in [1.165, 1.54) is 11.1 Å². The summed E-state index contributed by atoms with van der Waals surface area (Å²) in [5.41, 5.74) is 2.88. The van der Waals surface area contributed by atoms with Crippen molar-refractivity contribution >= 4 is 11.8 Å². The van der Waals surface area contributed by atoms with E-state index in [4.69, 9.17) is 0 Å². The number of hydrogen-bond acceptors (Lipinski definition) is 1. The molecule has 1 heterocycles. The van der Waals surface area contributed by atoms with Gasteiger partial charge in [-0.15, -0.1) is 11.8 Å². The second-order valence-electron chi connectivity index (χ2n) is 2.41. The zero-order valence-corrected chi connectivity index (χ0v) is 11.3. The summed E-state index contributed by atoms with van der Waals surface area (Å²) in [5, 5.41) is 2.82. The SMILES string of the molecule is CC1=CC2SC=CC2=C1.[Cl-].[Cl-].[Zr+2]. The maximum atomic E-state index is 2.31. The van der Waals surface area contributed by atoms with E-state index in [2.05, 4.69) is 30.6 Å². The largest absolute Gasteiger partial charge is 2.00 e. The molecule has 0 radical (unpaired) electrons. The maximum absolute atomic E-state index is 2.31. The van der Waals surface area contributed by atoms with Gasteiger partial charge >= 0.3 is 26.2 Å². The molecule has 0 aromatic carbocycles. The standard InChI is InChI=1S/C8H8S.2ClH.Zr/c1-6-4-7-2-3-9-8(7)5-6;;;/h2-5,8H,1H3;2*1H;/q;;;+2/p-2.